The monoisotopic (exact) mass is 229 g/mol. The van der Waals surface area contributed by atoms with Crippen molar-refractivity contribution in [3.63, 3.8) is 0 Å². The summed E-state index contributed by atoms with van der Waals surface area (Å²) in [5.74, 6) is 0. The number of hydrogen-bond donors (Lipinski definition) is 1. The average Bonchev–Trinajstić information content (AvgIpc) is 2.68. The van der Waals surface area contributed by atoms with Crippen LogP contribution in [0.25, 0.3) is 0 Å². The minimum Gasteiger partial charge on any atom is -0.326 e. The number of nitrogens with two attached hydrogens (primary N) is 1. The van der Waals surface area contributed by atoms with Crippen molar-refractivity contribution in [1.82, 2.24) is 9.78 Å². The van der Waals surface area contributed by atoms with E-state index in [2.05, 4.69) is 24.2 Å². The van der Waals surface area contributed by atoms with Crippen molar-refractivity contribution in [2.24, 2.45) is 5.73 Å². The van der Waals surface area contributed by atoms with Gasteiger partial charge in [0.2, 0.25) is 0 Å². The Morgan fingerprint density at radius 2 is 1.88 bits per heavy atom. The molecule has 0 bridgehead atoms. The fraction of sp³-hybridized carbons (Fsp3) is 0.357. The van der Waals surface area contributed by atoms with E-state index in [0.717, 1.165) is 5.69 Å². The second-order valence-electron chi connectivity index (χ2n) is 4.60. The van der Waals surface area contributed by atoms with Gasteiger partial charge in [-0.15, -0.1) is 0 Å². The van der Waals surface area contributed by atoms with E-state index in [0.29, 0.717) is 0 Å². The topological polar surface area (TPSA) is 43.8 Å². The van der Waals surface area contributed by atoms with Crippen LogP contribution in [-0.4, -0.2) is 15.8 Å². The third kappa shape index (κ3) is 2.39. The highest BCUT2D eigenvalue weighted by Crippen LogP contribution is 2.23. The molecular formula is C14H19N3. The Hall–Kier alpha value is -1.61. The zero-order valence-electron chi connectivity index (χ0n) is 10.6. The Balaban J connectivity index is 2.47. The summed E-state index contributed by atoms with van der Waals surface area (Å²) < 4.78 is 1.96. The van der Waals surface area contributed by atoms with E-state index in [4.69, 9.17) is 5.73 Å². The van der Waals surface area contributed by atoms with Crippen LogP contribution in [0.3, 0.4) is 0 Å². The van der Waals surface area contributed by atoms with E-state index in [1.165, 1.54) is 11.1 Å². The summed E-state index contributed by atoms with van der Waals surface area (Å²) in [6, 6.07) is 10.5. The van der Waals surface area contributed by atoms with E-state index < -0.39 is 0 Å². The first-order valence-corrected chi connectivity index (χ1v) is 5.92. The summed E-state index contributed by atoms with van der Waals surface area (Å²) in [4.78, 5) is 0. The lowest BCUT2D eigenvalue weighted by Gasteiger charge is -2.23. The Bertz CT molecular complexity index is 500. The van der Waals surface area contributed by atoms with Crippen LogP contribution in [0.4, 0.5) is 0 Å². The molecule has 0 amide bonds. The summed E-state index contributed by atoms with van der Waals surface area (Å²) in [6.07, 6.45) is 2.00. The van der Waals surface area contributed by atoms with Crippen LogP contribution in [0.2, 0.25) is 0 Å². The molecule has 3 nitrogen and oxygen atoms in total. The normalized spacial score (nSPS) is 14.6. The summed E-state index contributed by atoms with van der Waals surface area (Å²) in [7, 11) is 0. The highest BCUT2D eigenvalue weighted by Gasteiger charge is 2.20. The van der Waals surface area contributed by atoms with Crippen molar-refractivity contribution in [2.75, 3.05) is 0 Å². The van der Waals surface area contributed by atoms with Gasteiger partial charge in [0.05, 0.1) is 11.7 Å². The van der Waals surface area contributed by atoms with Crippen LogP contribution in [0.5, 0.6) is 0 Å². The Kier molecular flexibility index (Phi) is 3.29. The SMILES string of the molecule is Cc1ccn(C(c2ccccc2C)C(C)N)n1. The number of aromatic nitrogens is 2. The van der Waals surface area contributed by atoms with Gasteiger partial charge in [-0.25, -0.2) is 0 Å². The second kappa shape index (κ2) is 4.72. The van der Waals surface area contributed by atoms with Crippen LogP contribution in [0, 0.1) is 13.8 Å². The molecule has 17 heavy (non-hydrogen) atoms. The van der Waals surface area contributed by atoms with Crippen LogP contribution in [0.15, 0.2) is 36.5 Å². The summed E-state index contributed by atoms with van der Waals surface area (Å²) >= 11 is 0. The van der Waals surface area contributed by atoms with Gasteiger partial charge >= 0.3 is 0 Å². The van der Waals surface area contributed by atoms with Gasteiger partial charge in [-0.05, 0) is 38.0 Å². The van der Waals surface area contributed by atoms with Crippen molar-refractivity contribution in [2.45, 2.75) is 32.9 Å². The van der Waals surface area contributed by atoms with Gasteiger partial charge in [-0.2, -0.15) is 5.10 Å². The number of benzene rings is 1. The maximum Gasteiger partial charge on any atom is 0.0919 e. The number of rotatable bonds is 3. The molecule has 0 aliphatic rings. The van der Waals surface area contributed by atoms with E-state index >= 15 is 0 Å². The molecule has 0 fully saturated rings. The molecule has 0 aliphatic carbocycles. The minimum absolute atomic E-state index is 0.0235. The molecule has 0 saturated heterocycles. The van der Waals surface area contributed by atoms with Crippen molar-refractivity contribution in [1.29, 1.82) is 0 Å². The molecule has 2 aromatic rings. The molecule has 1 heterocycles. The van der Waals surface area contributed by atoms with Gasteiger partial charge in [0, 0.05) is 12.2 Å². The Morgan fingerprint density at radius 3 is 2.41 bits per heavy atom. The predicted octanol–water partition coefficient (Wildman–Crippen LogP) is 2.44. The molecule has 0 radical (unpaired) electrons. The first-order valence-electron chi connectivity index (χ1n) is 5.92. The molecule has 1 aromatic heterocycles. The van der Waals surface area contributed by atoms with E-state index in [-0.39, 0.29) is 12.1 Å². The fourth-order valence-corrected chi connectivity index (χ4v) is 2.17. The quantitative estimate of drug-likeness (QED) is 0.878. The van der Waals surface area contributed by atoms with E-state index in [1.807, 2.05) is 42.9 Å². The average molecular weight is 229 g/mol. The molecule has 0 aliphatic heterocycles. The number of hydrogen-bond acceptors (Lipinski definition) is 2. The van der Waals surface area contributed by atoms with Gasteiger partial charge in [0.1, 0.15) is 0 Å². The largest absolute Gasteiger partial charge is 0.326 e. The molecule has 2 unspecified atom stereocenters. The molecule has 90 valence electrons. The fourth-order valence-electron chi connectivity index (χ4n) is 2.17. The van der Waals surface area contributed by atoms with E-state index in [9.17, 15) is 0 Å². The van der Waals surface area contributed by atoms with Crippen molar-refractivity contribution in [3.8, 4) is 0 Å². The van der Waals surface area contributed by atoms with Gasteiger partial charge in [-0.3, -0.25) is 4.68 Å². The smallest absolute Gasteiger partial charge is 0.0919 e. The lowest BCUT2D eigenvalue weighted by atomic mass is 9.97. The van der Waals surface area contributed by atoms with Gasteiger partial charge in [0.15, 0.2) is 0 Å². The maximum atomic E-state index is 6.12. The first kappa shape index (κ1) is 11.9. The lowest BCUT2D eigenvalue weighted by molar-refractivity contribution is 0.450. The van der Waals surface area contributed by atoms with Crippen LogP contribution < -0.4 is 5.73 Å². The highest BCUT2D eigenvalue weighted by atomic mass is 15.3. The van der Waals surface area contributed by atoms with Crippen molar-refractivity contribution >= 4 is 0 Å². The Morgan fingerprint density at radius 1 is 1.18 bits per heavy atom. The van der Waals surface area contributed by atoms with Crippen molar-refractivity contribution in [3.05, 3.63) is 53.3 Å². The first-order chi connectivity index (χ1) is 8.09. The van der Waals surface area contributed by atoms with Crippen LogP contribution in [-0.2, 0) is 0 Å². The second-order valence-corrected chi connectivity index (χ2v) is 4.60. The standard InChI is InChI=1S/C14H19N3/c1-10-6-4-5-7-13(10)14(12(3)15)17-9-8-11(2)16-17/h4-9,12,14H,15H2,1-3H3. The zero-order chi connectivity index (χ0) is 12.4. The van der Waals surface area contributed by atoms with Gasteiger partial charge in [0.25, 0.3) is 0 Å². The van der Waals surface area contributed by atoms with Crippen LogP contribution >= 0.6 is 0 Å². The maximum absolute atomic E-state index is 6.12. The van der Waals surface area contributed by atoms with Gasteiger partial charge < -0.3 is 5.73 Å². The molecule has 2 rings (SSSR count). The lowest BCUT2D eigenvalue weighted by Crippen LogP contribution is -2.31. The zero-order valence-corrected chi connectivity index (χ0v) is 10.6. The molecule has 2 N–H and O–H groups in total. The number of nitrogens with zero attached hydrogens (tertiary/aromatic N) is 2. The predicted molar refractivity (Wildman–Crippen MR) is 69.9 cm³/mol. The molecule has 1 aromatic carbocycles. The van der Waals surface area contributed by atoms with E-state index in [1.54, 1.807) is 0 Å². The third-order valence-electron chi connectivity index (χ3n) is 3.03. The highest BCUT2D eigenvalue weighted by molar-refractivity contribution is 5.30. The molecular weight excluding hydrogens is 210 g/mol. The molecule has 2 atom stereocenters. The molecule has 0 saturated carbocycles. The molecule has 3 heteroatoms. The summed E-state index contributed by atoms with van der Waals surface area (Å²) in [5, 5.41) is 4.49. The number of aryl methyl sites for hydroxylation is 2. The summed E-state index contributed by atoms with van der Waals surface area (Å²) in [5.41, 5.74) is 9.63. The third-order valence-corrected chi connectivity index (χ3v) is 3.03. The Labute approximate surface area is 102 Å². The minimum atomic E-state index is 0.0235. The molecule has 0 spiro atoms. The van der Waals surface area contributed by atoms with Crippen molar-refractivity contribution < 1.29 is 0 Å². The summed E-state index contributed by atoms with van der Waals surface area (Å²) in [6.45, 7) is 6.13. The van der Waals surface area contributed by atoms with Crippen LogP contribution in [0.1, 0.15) is 29.8 Å². The van der Waals surface area contributed by atoms with Gasteiger partial charge in [-0.1, -0.05) is 24.3 Å².